The van der Waals surface area contributed by atoms with E-state index >= 15 is 0 Å². The third kappa shape index (κ3) is 3.97. The normalized spacial score (nSPS) is 9.10. The third-order valence-electron chi connectivity index (χ3n) is 2.43. The topological polar surface area (TPSA) is 81.2 Å². The zero-order valence-corrected chi connectivity index (χ0v) is 11.5. The maximum Gasteiger partial charge on any atom is 0.237 e. The zero-order valence-electron chi connectivity index (χ0n) is 10.7. The molecule has 1 N–H and O–H groups in total. The lowest BCUT2D eigenvalue weighted by molar-refractivity contribution is 0.484. The molecule has 0 radical (unpaired) electrons. The van der Waals surface area contributed by atoms with Crippen LogP contribution in [0.5, 0.6) is 11.5 Å². The number of hydrazone groups is 1. The van der Waals surface area contributed by atoms with Crippen molar-refractivity contribution < 1.29 is 4.74 Å². The molecule has 21 heavy (non-hydrogen) atoms. The molecule has 0 saturated carbocycles. The summed E-state index contributed by atoms with van der Waals surface area (Å²) in [6, 6.07) is 17.3. The molecule has 0 saturated heterocycles. The predicted molar refractivity (Wildman–Crippen MR) is 80.3 cm³/mol. The minimum atomic E-state index is -0.267. The van der Waals surface area contributed by atoms with Crippen molar-refractivity contribution in [2.75, 3.05) is 5.43 Å². The van der Waals surface area contributed by atoms with Crippen LogP contribution < -0.4 is 10.2 Å². The first-order valence-corrected chi connectivity index (χ1v) is 6.27. The summed E-state index contributed by atoms with van der Waals surface area (Å²) in [5, 5.41) is 21.6. The van der Waals surface area contributed by atoms with Gasteiger partial charge in [-0.2, -0.15) is 15.6 Å². The van der Waals surface area contributed by atoms with Crippen LogP contribution in [0.3, 0.4) is 0 Å². The fourth-order valence-electron chi connectivity index (χ4n) is 1.47. The van der Waals surface area contributed by atoms with E-state index in [1.54, 1.807) is 60.7 Å². The van der Waals surface area contributed by atoms with Crippen molar-refractivity contribution in [2.24, 2.45) is 5.10 Å². The van der Waals surface area contributed by atoms with Crippen molar-refractivity contribution in [1.82, 2.24) is 0 Å². The Morgan fingerprint density at radius 2 is 1.71 bits per heavy atom. The first kappa shape index (κ1) is 14.4. The SMILES string of the molecule is N#CC(C#N)=NNc1ccccc1Oc1ccc(Cl)cc1. The summed E-state index contributed by atoms with van der Waals surface area (Å²) < 4.78 is 5.71. The molecule has 0 amide bonds. The number of benzene rings is 2. The zero-order chi connectivity index (χ0) is 15.1. The van der Waals surface area contributed by atoms with Crippen molar-refractivity contribution in [3.05, 3.63) is 53.6 Å². The highest BCUT2D eigenvalue weighted by molar-refractivity contribution is 6.30. The van der Waals surface area contributed by atoms with Gasteiger partial charge in [-0.15, -0.1) is 0 Å². The van der Waals surface area contributed by atoms with E-state index in [2.05, 4.69) is 10.5 Å². The number of nitrogens with one attached hydrogen (secondary N) is 1. The Hall–Kier alpha value is -3.02. The Morgan fingerprint density at radius 1 is 1.05 bits per heavy atom. The Labute approximate surface area is 126 Å². The number of halogens is 1. The van der Waals surface area contributed by atoms with Crippen LogP contribution in [0.4, 0.5) is 5.69 Å². The molecule has 2 aromatic carbocycles. The number of rotatable bonds is 4. The van der Waals surface area contributed by atoms with E-state index < -0.39 is 0 Å². The summed E-state index contributed by atoms with van der Waals surface area (Å²) >= 11 is 5.82. The molecule has 0 aromatic heterocycles. The van der Waals surface area contributed by atoms with Crippen LogP contribution in [0.2, 0.25) is 5.02 Å². The largest absolute Gasteiger partial charge is 0.455 e. The summed E-state index contributed by atoms with van der Waals surface area (Å²) in [6.45, 7) is 0. The number of nitriles is 2. The van der Waals surface area contributed by atoms with Crippen molar-refractivity contribution in [1.29, 1.82) is 10.5 Å². The van der Waals surface area contributed by atoms with Gasteiger partial charge in [0.05, 0.1) is 5.69 Å². The maximum absolute atomic E-state index is 8.65. The summed E-state index contributed by atoms with van der Waals surface area (Å²) in [7, 11) is 0. The summed E-state index contributed by atoms with van der Waals surface area (Å²) in [6.07, 6.45) is 0. The minimum Gasteiger partial charge on any atom is -0.455 e. The van der Waals surface area contributed by atoms with Crippen LogP contribution in [0, 0.1) is 22.7 Å². The van der Waals surface area contributed by atoms with E-state index in [9.17, 15) is 0 Å². The number of ether oxygens (including phenoxy) is 1. The minimum absolute atomic E-state index is 0.267. The van der Waals surface area contributed by atoms with Gasteiger partial charge < -0.3 is 4.74 Å². The number of hydrogen-bond donors (Lipinski definition) is 1. The number of nitrogens with zero attached hydrogens (tertiary/aromatic N) is 3. The van der Waals surface area contributed by atoms with Gasteiger partial charge >= 0.3 is 0 Å². The standard InChI is InChI=1S/C15H9ClN4O/c16-11-5-7-13(8-6-11)21-15-4-2-1-3-14(15)20-19-12(9-17)10-18/h1-8,20H. The molecule has 0 spiro atoms. The number of hydrogen-bond acceptors (Lipinski definition) is 5. The van der Waals surface area contributed by atoms with Crippen molar-refractivity contribution in [2.45, 2.75) is 0 Å². The number of anilines is 1. The van der Waals surface area contributed by atoms with E-state index in [1.165, 1.54) is 0 Å². The predicted octanol–water partition coefficient (Wildman–Crippen LogP) is 3.95. The molecule has 0 bridgehead atoms. The second-order valence-corrected chi connectivity index (χ2v) is 4.28. The Morgan fingerprint density at radius 3 is 2.38 bits per heavy atom. The average Bonchev–Trinajstić information content (AvgIpc) is 2.52. The molecular formula is C15H9ClN4O. The first-order chi connectivity index (χ1) is 10.2. The quantitative estimate of drug-likeness (QED) is 0.684. The van der Waals surface area contributed by atoms with Gasteiger partial charge in [0.15, 0.2) is 5.75 Å². The van der Waals surface area contributed by atoms with Crippen LogP contribution in [-0.4, -0.2) is 5.71 Å². The second-order valence-electron chi connectivity index (χ2n) is 3.85. The molecule has 2 aromatic rings. The van der Waals surface area contributed by atoms with Crippen molar-refractivity contribution in [3.63, 3.8) is 0 Å². The van der Waals surface area contributed by atoms with Gasteiger partial charge in [0.1, 0.15) is 17.9 Å². The van der Waals surface area contributed by atoms with Gasteiger partial charge in [0, 0.05) is 5.02 Å². The molecule has 0 fully saturated rings. The van der Waals surface area contributed by atoms with Crippen LogP contribution >= 0.6 is 11.6 Å². The lowest BCUT2D eigenvalue weighted by Crippen LogP contribution is -1.98. The molecule has 0 aliphatic rings. The monoisotopic (exact) mass is 296 g/mol. The van der Waals surface area contributed by atoms with Crippen molar-refractivity contribution in [3.8, 4) is 23.6 Å². The van der Waals surface area contributed by atoms with Crippen molar-refractivity contribution >= 4 is 23.0 Å². The Kier molecular flexibility index (Phi) is 4.76. The highest BCUT2D eigenvalue weighted by atomic mass is 35.5. The van der Waals surface area contributed by atoms with E-state index in [0.29, 0.717) is 22.2 Å². The van der Waals surface area contributed by atoms with Gasteiger partial charge in [-0.3, -0.25) is 5.43 Å². The van der Waals surface area contributed by atoms with Gasteiger partial charge in [-0.05, 0) is 36.4 Å². The van der Waals surface area contributed by atoms with Crippen LogP contribution in [0.15, 0.2) is 53.6 Å². The van der Waals surface area contributed by atoms with Crippen LogP contribution in [0.1, 0.15) is 0 Å². The molecule has 2 rings (SSSR count). The van der Waals surface area contributed by atoms with Gasteiger partial charge in [0.2, 0.25) is 5.71 Å². The van der Waals surface area contributed by atoms with Crippen LogP contribution in [-0.2, 0) is 0 Å². The second kappa shape index (κ2) is 6.95. The molecular weight excluding hydrogens is 288 g/mol. The molecule has 6 heteroatoms. The fraction of sp³-hybridized carbons (Fsp3) is 0. The highest BCUT2D eigenvalue weighted by Gasteiger charge is 2.04. The summed E-state index contributed by atoms with van der Waals surface area (Å²) in [5.41, 5.74) is 2.91. The maximum atomic E-state index is 8.65. The Bertz CT molecular complexity index is 726. The van der Waals surface area contributed by atoms with Gasteiger partial charge in [0.25, 0.3) is 0 Å². The first-order valence-electron chi connectivity index (χ1n) is 5.89. The molecule has 0 unspecified atom stereocenters. The van der Waals surface area contributed by atoms with Gasteiger partial charge in [-0.25, -0.2) is 0 Å². The van der Waals surface area contributed by atoms with E-state index in [0.717, 1.165) is 0 Å². The molecule has 0 heterocycles. The Balaban J connectivity index is 2.21. The molecule has 0 atom stereocenters. The third-order valence-corrected chi connectivity index (χ3v) is 2.68. The fourth-order valence-corrected chi connectivity index (χ4v) is 1.59. The van der Waals surface area contributed by atoms with Crippen LogP contribution in [0.25, 0.3) is 0 Å². The van der Waals surface area contributed by atoms with E-state index in [4.69, 9.17) is 26.9 Å². The summed E-state index contributed by atoms with van der Waals surface area (Å²) in [5.74, 6) is 1.12. The van der Waals surface area contributed by atoms with Gasteiger partial charge in [-0.1, -0.05) is 23.7 Å². The smallest absolute Gasteiger partial charge is 0.237 e. The van der Waals surface area contributed by atoms with E-state index in [1.807, 2.05) is 0 Å². The molecule has 0 aliphatic carbocycles. The highest BCUT2D eigenvalue weighted by Crippen LogP contribution is 2.29. The molecule has 0 aliphatic heterocycles. The molecule has 102 valence electrons. The lowest BCUT2D eigenvalue weighted by atomic mass is 10.3. The molecule has 5 nitrogen and oxygen atoms in total. The number of para-hydroxylation sites is 2. The van der Waals surface area contributed by atoms with E-state index in [-0.39, 0.29) is 5.71 Å². The average molecular weight is 297 g/mol. The summed E-state index contributed by atoms with van der Waals surface area (Å²) in [4.78, 5) is 0. The lowest BCUT2D eigenvalue weighted by Gasteiger charge is -2.10.